The minimum atomic E-state index is -0.385. The molecule has 0 radical (unpaired) electrons. The van der Waals surface area contributed by atoms with E-state index < -0.39 is 0 Å². The van der Waals surface area contributed by atoms with Crippen molar-refractivity contribution in [3.05, 3.63) is 48.3 Å². The van der Waals surface area contributed by atoms with Crippen LogP contribution in [-0.2, 0) is 20.9 Å². The Morgan fingerprint density at radius 3 is 2.59 bits per heavy atom. The molecule has 1 atom stereocenters. The van der Waals surface area contributed by atoms with Gasteiger partial charge in [0.25, 0.3) is 6.47 Å². The zero-order valence-electron chi connectivity index (χ0n) is 17.1. The third-order valence-electron chi connectivity index (χ3n) is 4.73. The normalized spacial score (nSPS) is 16.6. The molecule has 0 saturated carbocycles. The summed E-state index contributed by atoms with van der Waals surface area (Å²) in [6, 6.07) is 9.43. The number of piperazine rings is 1. The van der Waals surface area contributed by atoms with Crippen LogP contribution in [0.4, 0.5) is 0 Å². The van der Waals surface area contributed by atoms with Crippen LogP contribution in [0.5, 0.6) is 0 Å². The number of likely N-dealkylation sites (N-methyl/N-ethyl adjacent to an activating group) is 1. The van der Waals surface area contributed by atoms with Gasteiger partial charge in [-0.3, -0.25) is 14.4 Å². The molecule has 0 aliphatic carbocycles. The third-order valence-corrected chi connectivity index (χ3v) is 4.73. The van der Waals surface area contributed by atoms with E-state index in [4.69, 9.17) is 9.90 Å². The highest BCUT2D eigenvalue weighted by Gasteiger charge is 2.38. The summed E-state index contributed by atoms with van der Waals surface area (Å²) >= 11 is 0. The topological polar surface area (TPSA) is 95.7 Å². The lowest BCUT2D eigenvalue weighted by atomic mass is 9.98. The second-order valence-electron chi connectivity index (χ2n) is 7.25. The molecule has 2 aromatic rings. The smallest absolute Gasteiger partial charge is 0.290 e. The van der Waals surface area contributed by atoms with Gasteiger partial charge in [0.1, 0.15) is 6.04 Å². The molecule has 1 aromatic carbocycles. The molecule has 0 bridgehead atoms. The van der Waals surface area contributed by atoms with E-state index in [9.17, 15) is 9.59 Å². The molecule has 156 valence electrons. The van der Waals surface area contributed by atoms with E-state index in [1.807, 2.05) is 43.5 Å². The van der Waals surface area contributed by atoms with Crippen LogP contribution in [0.2, 0.25) is 0 Å². The van der Waals surface area contributed by atoms with E-state index in [-0.39, 0.29) is 30.9 Å². The average molecular weight is 400 g/mol. The first-order valence-corrected chi connectivity index (χ1v) is 9.66. The molecule has 0 spiro atoms. The number of hydrogen-bond acceptors (Lipinski definition) is 4. The van der Waals surface area contributed by atoms with Crippen LogP contribution in [0.1, 0.15) is 32.8 Å². The Morgan fingerprint density at radius 1 is 1.28 bits per heavy atom. The number of carbonyl (C=O) groups is 3. The van der Waals surface area contributed by atoms with Crippen molar-refractivity contribution in [2.24, 2.45) is 5.92 Å². The minimum absolute atomic E-state index is 0.0154. The van der Waals surface area contributed by atoms with Crippen molar-refractivity contribution < 1.29 is 19.5 Å². The van der Waals surface area contributed by atoms with Crippen molar-refractivity contribution in [3.8, 4) is 5.69 Å². The maximum atomic E-state index is 12.8. The number of nitrogens with zero attached hydrogens (tertiary/aromatic N) is 4. The highest BCUT2D eigenvalue weighted by atomic mass is 16.3. The van der Waals surface area contributed by atoms with Gasteiger partial charge < -0.3 is 14.9 Å². The molecule has 2 heterocycles. The highest BCUT2D eigenvalue weighted by molar-refractivity contribution is 5.94. The molecule has 3 rings (SSSR count). The summed E-state index contributed by atoms with van der Waals surface area (Å²) in [7, 11) is 0. The Kier molecular flexibility index (Phi) is 7.94. The molecule has 29 heavy (non-hydrogen) atoms. The largest absolute Gasteiger partial charge is 0.483 e. The van der Waals surface area contributed by atoms with Gasteiger partial charge in [0, 0.05) is 25.5 Å². The van der Waals surface area contributed by atoms with E-state index in [0.717, 1.165) is 11.3 Å². The maximum absolute atomic E-state index is 12.8. The van der Waals surface area contributed by atoms with Crippen molar-refractivity contribution in [1.29, 1.82) is 0 Å². The molecule has 1 aliphatic heterocycles. The molecule has 0 unspecified atom stereocenters. The number of carboxylic acid groups (broad SMARTS) is 1. The molecule has 2 amide bonds. The lowest BCUT2D eigenvalue weighted by molar-refractivity contribution is -0.157. The van der Waals surface area contributed by atoms with E-state index in [1.165, 1.54) is 0 Å². The number of benzene rings is 1. The van der Waals surface area contributed by atoms with Crippen LogP contribution in [0.25, 0.3) is 5.69 Å². The summed E-state index contributed by atoms with van der Waals surface area (Å²) in [5.41, 5.74) is 1.94. The maximum Gasteiger partial charge on any atom is 0.290 e. The van der Waals surface area contributed by atoms with Gasteiger partial charge in [0.15, 0.2) is 0 Å². The average Bonchev–Trinajstić information content (AvgIpc) is 3.23. The molecule has 8 heteroatoms. The Hall–Kier alpha value is -3.16. The molecule has 1 aliphatic rings. The summed E-state index contributed by atoms with van der Waals surface area (Å²) in [6.45, 7) is 7.01. The van der Waals surface area contributed by atoms with Crippen LogP contribution in [0.15, 0.2) is 42.7 Å². The predicted octanol–water partition coefficient (Wildman–Crippen LogP) is 2.18. The quantitative estimate of drug-likeness (QED) is 0.750. The van der Waals surface area contributed by atoms with Crippen LogP contribution in [0.3, 0.4) is 0 Å². The van der Waals surface area contributed by atoms with E-state index in [0.29, 0.717) is 25.4 Å². The van der Waals surface area contributed by atoms with E-state index in [1.54, 1.807) is 20.7 Å². The summed E-state index contributed by atoms with van der Waals surface area (Å²) < 4.78 is 1.79. The zero-order chi connectivity index (χ0) is 21.4. The first-order chi connectivity index (χ1) is 13.9. The molecule has 8 nitrogen and oxygen atoms in total. The number of carbonyl (C=O) groups excluding carboxylic acids is 2. The minimum Gasteiger partial charge on any atom is -0.483 e. The Labute approximate surface area is 170 Å². The molecular weight excluding hydrogens is 372 g/mol. The lowest BCUT2D eigenvalue weighted by Gasteiger charge is -2.40. The summed E-state index contributed by atoms with van der Waals surface area (Å²) in [6.07, 6.45) is 4.30. The zero-order valence-corrected chi connectivity index (χ0v) is 17.1. The van der Waals surface area contributed by atoms with Crippen LogP contribution >= 0.6 is 0 Å². The SMILES string of the molecule is CCN1CC(=O)N(Cc2cccc(-n3cccn3)c2)[C@@H](CC(C)C)C1=O.O=CO. The van der Waals surface area contributed by atoms with Gasteiger partial charge in [-0.05, 0) is 43.0 Å². The molecule has 1 saturated heterocycles. The van der Waals surface area contributed by atoms with Gasteiger partial charge in [-0.1, -0.05) is 26.0 Å². The molecule has 1 N–H and O–H groups in total. The number of rotatable bonds is 6. The number of amides is 2. The summed E-state index contributed by atoms with van der Waals surface area (Å²) in [5.74, 6) is 0.414. The fourth-order valence-corrected chi connectivity index (χ4v) is 3.41. The second kappa shape index (κ2) is 10.4. The fourth-order valence-electron chi connectivity index (χ4n) is 3.41. The first-order valence-electron chi connectivity index (χ1n) is 9.66. The van der Waals surface area contributed by atoms with Gasteiger partial charge >= 0.3 is 0 Å². The van der Waals surface area contributed by atoms with Gasteiger partial charge in [-0.15, -0.1) is 0 Å². The van der Waals surface area contributed by atoms with Crippen molar-refractivity contribution in [2.45, 2.75) is 39.8 Å². The third kappa shape index (κ3) is 5.66. The first kappa shape index (κ1) is 22.1. The standard InChI is InChI=1S/C20H26N4O2.CH2O2/c1-4-22-14-19(25)23(18(20(22)26)11-15(2)3)13-16-7-5-8-17(12-16)24-10-6-9-21-24;2-1-3/h5-10,12,15,18H,4,11,13-14H2,1-3H3;1H,(H,2,3)/t18-;/m0./s1. The van der Waals surface area contributed by atoms with Crippen molar-refractivity contribution in [1.82, 2.24) is 19.6 Å². The van der Waals surface area contributed by atoms with Crippen LogP contribution in [0, 0.1) is 5.92 Å². The highest BCUT2D eigenvalue weighted by Crippen LogP contribution is 2.22. The van der Waals surface area contributed by atoms with Crippen LogP contribution < -0.4 is 0 Å². The monoisotopic (exact) mass is 400 g/mol. The lowest BCUT2D eigenvalue weighted by Crippen LogP contribution is -2.59. The number of hydrogen-bond donors (Lipinski definition) is 1. The Bertz CT molecular complexity index is 820. The van der Waals surface area contributed by atoms with Gasteiger partial charge in [0.2, 0.25) is 11.8 Å². The van der Waals surface area contributed by atoms with Crippen molar-refractivity contribution in [3.63, 3.8) is 0 Å². The van der Waals surface area contributed by atoms with E-state index in [2.05, 4.69) is 18.9 Å². The summed E-state index contributed by atoms with van der Waals surface area (Å²) in [5, 5.41) is 11.1. The van der Waals surface area contributed by atoms with Crippen molar-refractivity contribution >= 4 is 18.3 Å². The predicted molar refractivity (Wildman–Crippen MR) is 108 cm³/mol. The van der Waals surface area contributed by atoms with Gasteiger partial charge in [-0.2, -0.15) is 5.10 Å². The Morgan fingerprint density at radius 2 is 2.00 bits per heavy atom. The fraction of sp³-hybridized carbons (Fsp3) is 0.429. The molecule has 1 aromatic heterocycles. The number of aromatic nitrogens is 2. The second-order valence-corrected chi connectivity index (χ2v) is 7.25. The van der Waals surface area contributed by atoms with Gasteiger partial charge in [0.05, 0.1) is 12.2 Å². The molecular formula is C21H28N4O4. The van der Waals surface area contributed by atoms with E-state index >= 15 is 0 Å². The van der Waals surface area contributed by atoms with Crippen LogP contribution in [-0.4, -0.2) is 62.1 Å². The Balaban J connectivity index is 0.000000941. The molecule has 1 fully saturated rings. The van der Waals surface area contributed by atoms with Crippen molar-refractivity contribution in [2.75, 3.05) is 13.1 Å². The van der Waals surface area contributed by atoms with Gasteiger partial charge in [-0.25, -0.2) is 4.68 Å². The summed E-state index contributed by atoms with van der Waals surface area (Å²) in [4.78, 5) is 37.3.